The van der Waals surface area contributed by atoms with E-state index in [1.54, 1.807) is 32.4 Å². The van der Waals surface area contributed by atoms with E-state index in [9.17, 15) is 4.79 Å². The first kappa shape index (κ1) is 15.9. The Hall–Kier alpha value is -2.57. The SMILES string of the molecule is COc1ccc(C(=O)N2CCCC2c2nc(C3CC3)no2)cc1OC. The summed E-state index contributed by atoms with van der Waals surface area (Å²) < 4.78 is 16.0. The topological polar surface area (TPSA) is 77.7 Å². The van der Waals surface area contributed by atoms with Gasteiger partial charge in [0.1, 0.15) is 6.04 Å². The van der Waals surface area contributed by atoms with Gasteiger partial charge in [0.2, 0.25) is 5.89 Å². The molecule has 0 spiro atoms. The molecule has 1 saturated carbocycles. The molecule has 7 nitrogen and oxygen atoms in total. The van der Waals surface area contributed by atoms with Crippen LogP contribution < -0.4 is 9.47 Å². The summed E-state index contributed by atoms with van der Waals surface area (Å²) in [5.74, 6) is 2.85. The molecular formula is C18H21N3O4. The van der Waals surface area contributed by atoms with Crippen LogP contribution in [0.5, 0.6) is 11.5 Å². The summed E-state index contributed by atoms with van der Waals surface area (Å²) in [6, 6.07) is 5.05. The number of likely N-dealkylation sites (tertiary alicyclic amines) is 1. The Morgan fingerprint density at radius 3 is 2.72 bits per heavy atom. The van der Waals surface area contributed by atoms with Gasteiger partial charge in [0, 0.05) is 18.0 Å². The van der Waals surface area contributed by atoms with E-state index in [2.05, 4.69) is 10.1 Å². The Labute approximate surface area is 145 Å². The van der Waals surface area contributed by atoms with Crippen LogP contribution >= 0.6 is 0 Å². The molecule has 1 unspecified atom stereocenters. The minimum absolute atomic E-state index is 0.0605. The third kappa shape index (κ3) is 2.94. The lowest BCUT2D eigenvalue weighted by Gasteiger charge is -2.22. The van der Waals surface area contributed by atoms with Crippen molar-refractivity contribution in [3.8, 4) is 11.5 Å². The van der Waals surface area contributed by atoms with Gasteiger partial charge in [-0.05, 0) is 43.9 Å². The van der Waals surface area contributed by atoms with Crippen molar-refractivity contribution in [2.24, 2.45) is 0 Å². The number of methoxy groups -OCH3 is 2. The standard InChI is InChI=1S/C18H21N3O4/c1-23-14-8-7-12(10-15(14)24-2)18(22)21-9-3-4-13(21)17-19-16(20-25-17)11-5-6-11/h7-8,10-11,13H,3-6,9H2,1-2H3. The van der Waals surface area contributed by atoms with E-state index >= 15 is 0 Å². The largest absolute Gasteiger partial charge is 0.493 e. The van der Waals surface area contributed by atoms with Crippen molar-refractivity contribution >= 4 is 5.91 Å². The molecule has 0 N–H and O–H groups in total. The number of ether oxygens (including phenoxy) is 2. The molecule has 1 aromatic heterocycles. The molecule has 25 heavy (non-hydrogen) atoms. The van der Waals surface area contributed by atoms with Crippen LogP contribution in [0.2, 0.25) is 0 Å². The predicted molar refractivity (Wildman–Crippen MR) is 88.8 cm³/mol. The van der Waals surface area contributed by atoms with E-state index < -0.39 is 0 Å². The summed E-state index contributed by atoms with van der Waals surface area (Å²) in [6.45, 7) is 0.680. The first-order chi connectivity index (χ1) is 12.2. The van der Waals surface area contributed by atoms with Crippen molar-refractivity contribution in [3.63, 3.8) is 0 Å². The van der Waals surface area contributed by atoms with E-state index in [1.807, 2.05) is 4.90 Å². The van der Waals surface area contributed by atoms with Crippen molar-refractivity contribution in [1.29, 1.82) is 0 Å². The molecular weight excluding hydrogens is 322 g/mol. The monoisotopic (exact) mass is 343 g/mol. The number of rotatable bonds is 5. The second-order valence-corrected chi connectivity index (χ2v) is 6.49. The zero-order chi connectivity index (χ0) is 17.4. The molecule has 7 heteroatoms. The number of hydrogen-bond donors (Lipinski definition) is 0. The van der Waals surface area contributed by atoms with E-state index in [-0.39, 0.29) is 11.9 Å². The molecule has 1 amide bonds. The molecule has 2 aliphatic rings. The van der Waals surface area contributed by atoms with Gasteiger partial charge in [0.25, 0.3) is 5.91 Å². The summed E-state index contributed by atoms with van der Waals surface area (Å²) in [4.78, 5) is 19.3. The van der Waals surface area contributed by atoms with E-state index in [4.69, 9.17) is 14.0 Å². The number of amides is 1. The lowest BCUT2D eigenvalue weighted by molar-refractivity contribution is 0.0709. The smallest absolute Gasteiger partial charge is 0.254 e. The fourth-order valence-electron chi connectivity index (χ4n) is 3.29. The van der Waals surface area contributed by atoms with E-state index in [1.165, 1.54) is 0 Å². The molecule has 132 valence electrons. The fourth-order valence-corrected chi connectivity index (χ4v) is 3.29. The molecule has 1 saturated heterocycles. The molecule has 2 heterocycles. The van der Waals surface area contributed by atoms with Crippen LogP contribution in [0.3, 0.4) is 0 Å². The van der Waals surface area contributed by atoms with Gasteiger partial charge in [-0.25, -0.2) is 0 Å². The fraction of sp³-hybridized carbons (Fsp3) is 0.500. The zero-order valence-corrected chi connectivity index (χ0v) is 14.4. The molecule has 1 aliphatic heterocycles. The number of carbonyl (C=O) groups excluding carboxylic acids is 1. The molecule has 4 rings (SSSR count). The highest BCUT2D eigenvalue weighted by molar-refractivity contribution is 5.95. The second-order valence-electron chi connectivity index (χ2n) is 6.49. The van der Waals surface area contributed by atoms with Crippen LogP contribution in [-0.4, -0.2) is 41.7 Å². The highest BCUT2D eigenvalue weighted by Crippen LogP contribution is 2.40. The van der Waals surface area contributed by atoms with Crippen LogP contribution in [0, 0.1) is 0 Å². The normalized spacial score (nSPS) is 19.9. The Morgan fingerprint density at radius 2 is 2.00 bits per heavy atom. The van der Waals surface area contributed by atoms with Crippen LogP contribution in [-0.2, 0) is 0 Å². The quantitative estimate of drug-likeness (QED) is 0.831. The third-order valence-corrected chi connectivity index (χ3v) is 4.83. The maximum absolute atomic E-state index is 13.0. The number of hydrogen-bond acceptors (Lipinski definition) is 6. The van der Waals surface area contributed by atoms with Crippen LogP contribution in [0.4, 0.5) is 0 Å². The Balaban J connectivity index is 1.57. The van der Waals surface area contributed by atoms with Gasteiger partial charge in [-0.1, -0.05) is 5.16 Å². The van der Waals surface area contributed by atoms with Gasteiger partial charge in [-0.15, -0.1) is 0 Å². The van der Waals surface area contributed by atoms with Gasteiger partial charge in [0.05, 0.1) is 14.2 Å². The van der Waals surface area contributed by atoms with Crippen molar-refractivity contribution in [1.82, 2.24) is 15.0 Å². The van der Waals surface area contributed by atoms with Gasteiger partial charge >= 0.3 is 0 Å². The van der Waals surface area contributed by atoms with Crippen LogP contribution in [0.25, 0.3) is 0 Å². The van der Waals surface area contributed by atoms with E-state index in [0.29, 0.717) is 35.4 Å². The minimum atomic E-state index is -0.152. The molecule has 1 aliphatic carbocycles. The number of nitrogens with zero attached hydrogens (tertiary/aromatic N) is 3. The van der Waals surface area contributed by atoms with Gasteiger partial charge in [-0.2, -0.15) is 4.98 Å². The first-order valence-corrected chi connectivity index (χ1v) is 8.57. The summed E-state index contributed by atoms with van der Waals surface area (Å²) in [5, 5.41) is 4.08. The summed E-state index contributed by atoms with van der Waals surface area (Å²) in [7, 11) is 3.13. The van der Waals surface area contributed by atoms with Gasteiger partial charge < -0.3 is 18.9 Å². The lowest BCUT2D eigenvalue weighted by atomic mass is 10.1. The van der Waals surface area contributed by atoms with Crippen LogP contribution in [0.15, 0.2) is 22.7 Å². The highest BCUT2D eigenvalue weighted by atomic mass is 16.5. The molecule has 0 bridgehead atoms. The van der Waals surface area contributed by atoms with Crippen molar-refractivity contribution in [2.75, 3.05) is 20.8 Å². The van der Waals surface area contributed by atoms with Gasteiger partial charge in [0.15, 0.2) is 17.3 Å². The zero-order valence-electron chi connectivity index (χ0n) is 14.4. The maximum atomic E-state index is 13.0. The second kappa shape index (κ2) is 6.38. The average molecular weight is 343 g/mol. The maximum Gasteiger partial charge on any atom is 0.254 e. The summed E-state index contributed by atoms with van der Waals surface area (Å²) >= 11 is 0. The molecule has 0 radical (unpaired) electrons. The molecule has 2 aromatic rings. The highest BCUT2D eigenvalue weighted by Gasteiger charge is 2.36. The summed E-state index contributed by atoms with van der Waals surface area (Å²) in [6.07, 6.45) is 4.01. The average Bonchev–Trinajstić information content (AvgIpc) is 3.19. The molecule has 1 aromatic carbocycles. The summed E-state index contributed by atoms with van der Waals surface area (Å²) in [5.41, 5.74) is 0.562. The van der Waals surface area contributed by atoms with E-state index in [0.717, 1.165) is 31.5 Å². The number of benzene rings is 1. The Kier molecular flexibility index (Phi) is 4.07. The lowest BCUT2D eigenvalue weighted by Crippen LogP contribution is -2.30. The van der Waals surface area contributed by atoms with Gasteiger partial charge in [-0.3, -0.25) is 4.79 Å². The van der Waals surface area contributed by atoms with Crippen LogP contribution in [0.1, 0.15) is 59.7 Å². The Bertz CT molecular complexity index is 784. The Morgan fingerprint density at radius 1 is 1.20 bits per heavy atom. The first-order valence-electron chi connectivity index (χ1n) is 8.57. The number of carbonyl (C=O) groups is 1. The minimum Gasteiger partial charge on any atom is -0.493 e. The molecule has 2 fully saturated rings. The van der Waals surface area contributed by atoms with Crippen molar-refractivity contribution in [3.05, 3.63) is 35.5 Å². The molecule has 1 atom stereocenters. The van der Waals surface area contributed by atoms with Crippen molar-refractivity contribution in [2.45, 2.75) is 37.6 Å². The third-order valence-electron chi connectivity index (χ3n) is 4.83. The van der Waals surface area contributed by atoms with Crippen molar-refractivity contribution < 1.29 is 18.8 Å². The number of aromatic nitrogens is 2. The predicted octanol–water partition coefficient (Wildman–Crippen LogP) is 2.94.